The number of benzene rings is 2. The van der Waals surface area contributed by atoms with Gasteiger partial charge >= 0.3 is 6.18 Å². The fourth-order valence-electron chi connectivity index (χ4n) is 3.26. The number of carbonyl (C=O) groups excluding carboxylic acids is 2. The van der Waals surface area contributed by atoms with Gasteiger partial charge in [-0.15, -0.1) is 0 Å². The van der Waals surface area contributed by atoms with E-state index >= 15 is 0 Å². The molecule has 2 amide bonds. The second-order valence-corrected chi connectivity index (χ2v) is 7.89. The van der Waals surface area contributed by atoms with Gasteiger partial charge in [0.2, 0.25) is 0 Å². The van der Waals surface area contributed by atoms with Crippen LogP contribution in [0.15, 0.2) is 48.5 Å². The molecule has 1 fully saturated rings. The highest BCUT2D eigenvalue weighted by molar-refractivity contribution is 5.96. The van der Waals surface area contributed by atoms with Gasteiger partial charge in [-0.05, 0) is 48.4 Å². The number of hydrogen-bond acceptors (Lipinski definition) is 3. The van der Waals surface area contributed by atoms with Crippen LogP contribution < -0.4 is 4.74 Å². The molecule has 1 aliphatic heterocycles. The lowest BCUT2D eigenvalue weighted by Gasteiger charge is -2.35. The summed E-state index contributed by atoms with van der Waals surface area (Å²) in [6, 6.07) is 11.2. The Morgan fingerprint density at radius 2 is 1.45 bits per heavy atom. The lowest BCUT2D eigenvalue weighted by molar-refractivity contribution is -0.137. The van der Waals surface area contributed by atoms with Gasteiger partial charge in [-0.25, -0.2) is 0 Å². The number of piperazine rings is 1. The van der Waals surface area contributed by atoms with E-state index in [1.165, 1.54) is 12.1 Å². The first-order valence-corrected chi connectivity index (χ1v) is 10.1. The van der Waals surface area contributed by atoms with Crippen molar-refractivity contribution in [3.63, 3.8) is 0 Å². The Labute approximate surface area is 179 Å². The number of nitrogens with zero attached hydrogens (tertiary/aromatic N) is 2. The highest BCUT2D eigenvalue weighted by atomic mass is 19.4. The topological polar surface area (TPSA) is 49.9 Å². The predicted octanol–water partition coefficient (Wildman–Crippen LogP) is 4.34. The van der Waals surface area contributed by atoms with E-state index in [1.54, 1.807) is 34.1 Å². The van der Waals surface area contributed by atoms with Crippen LogP contribution >= 0.6 is 0 Å². The van der Waals surface area contributed by atoms with Crippen molar-refractivity contribution in [3.05, 3.63) is 65.2 Å². The Balaban J connectivity index is 1.58. The number of hydrogen-bond donors (Lipinski definition) is 0. The predicted molar refractivity (Wildman–Crippen MR) is 110 cm³/mol. The average Bonchev–Trinajstić information content (AvgIpc) is 2.76. The lowest BCUT2D eigenvalue weighted by atomic mass is 10.1. The summed E-state index contributed by atoms with van der Waals surface area (Å²) in [6.45, 7) is 5.97. The third kappa shape index (κ3) is 5.77. The Morgan fingerprint density at radius 1 is 0.903 bits per heavy atom. The fraction of sp³-hybridized carbons (Fsp3) is 0.391. The molecule has 0 bridgehead atoms. The molecule has 0 N–H and O–H groups in total. The van der Waals surface area contributed by atoms with Crippen LogP contribution in [0.4, 0.5) is 13.2 Å². The maximum absolute atomic E-state index is 12.8. The van der Waals surface area contributed by atoms with Crippen molar-refractivity contribution >= 4 is 11.8 Å². The van der Waals surface area contributed by atoms with Gasteiger partial charge in [-0.2, -0.15) is 13.2 Å². The molecule has 1 saturated heterocycles. The molecule has 0 aromatic heterocycles. The molecule has 0 spiro atoms. The summed E-state index contributed by atoms with van der Waals surface area (Å²) in [5.41, 5.74) is -0.0781. The average molecular weight is 434 g/mol. The van der Waals surface area contributed by atoms with Gasteiger partial charge in [0.15, 0.2) is 0 Å². The summed E-state index contributed by atoms with van der Waals surface area (Å²) in [6.07, 6.45) is -4.44. The Hall–Kier alpha value is -3.03. The molecule has 1 heterocycles. The molecule has 31 heavy (non-hydrogen) atoms. The van der Waals surface area contributed by atoms with Crippen molar-refractivity contribution in [2.24, 2.45) is 5.92 Å². The van der Waals surface area contributed by atoms with Gasteiger partial charge in [0.25, 0.3) is 11.8 Å². The second kappa shape index (κ2) is 9.41. The number of halogens is 3. The first-order valence-electron chi connectivity index (χ1n) is 10.1. The van der Waals surface area contributed by atoms with E-state index in [0.29, 0.717) is 50.0 Å². The molecule has 2 aromatic rings. The van der Waals surface area contributed by atoms with Crippen molar-refractivity contribution in [3.8, 4) is 5.75 Å². The molecule has 5 nitrogen and oxygen atoms in total. The minimum absolute atomic E-state index is 0.142. The van der Waals surface area contributed by atoms with Crippen molar-refractivity contribution < 1.29 is 27.5 Å². The molecule has 0 saturated carbocycles. The number of ether oxygens (including phenoxy) is 1. The molecule has 2 aromatic carbocycles. The Kier molecular flexibility index (Phi) is 6.87. The van der Waals surface area contributed by atoms with Crippen LogP contribution in [0.2, 0.25) is 0 Å². The van der Waals surface area contributed by atoms with E-state index in [-0.39, 0.29) is 17.4 Å². The van der Waals surface area contributed by atoms with E-state index in [1.807, 2.05) is 13.8 Å². The first kappa shape index (κ1) is 22.7. The normalized spacial score (nSPS) is 14.6. The van der Waals surface area contributed by atoms with Crippen molar-refractivity contribution in [2.45, 2.75) is 20.0 Å². The van der Waals surface area contributed by atoms with Crippen molar-refractivity contribution in [1.29, 1.82) is 0 Å². The smallest absolute Gasteiger partial charge is 0.416 e. The summed E-state index contributed by atoms with van der Waals surface area (Å²) in [7, 11) is 0. The summed E-state index contributed by atoms with van der Waals surface area (Å²) in [5, 5.41) is 0. The molecular weight excluding hydrogens is 409 g/mol. The maximum atomic E-state index is 12.8. The highest BCUT2D eigenvalue weighted by Gasteiger charge is 2.31. The largest absolute Gasteiger partial charge is 0.493 e. The molecule has 0 radical (unpaired) electrons. The zero-order chi connectivity index (χ0) is 22.6. The molecule has 166 valence electrons. The van der Waals surface area contributed by atoms with Crippen LogP contribution in [0.5, 0.6) is 5.75 Å². The number of amides is 2. The molecule has 8 heteroatoms. The standard InChI is InChI=1S/C23H25F3N2O3/c1-16(2)15-31-20-5-3-4-18(14-20)22(30)28-12-10-27(11-13-28)21(29)17-6-8-19(9-7-17)23(24,25)26/h3-9,14,16H,10-13,15H2,1-2H3. The van der Waals surface area contributed by atoms with E-state index < -0.39 is 11.7 Å². The Bertz CT molecular complexity index is 918. The SMILES string of the molecule is CC(C)COc1cccc(C(=O)N2CCN(C(=O)c3ccc(C(F)(F)F)cc3)CC2)c1. The van der Waals surface area contributed by atoms with Gasteiger partial charge in [-0.3, -0.25) is 9.59 Å². The minimum atomic E-state index is -4.44. The van der Waals surface area contributed by atoms with Gasteiger partial charge < -0.3 is 14.5 Å². The van der Waals surface area contributed by atoms with E-state index in [9.17, 15) is 22.8 Å². The highest BCUT2D eigenvalue weighted by Crippen LogP contribution is 2.29. The molecule has 0 atom stereocenters. The van der Waals surface area contributed by atoms with Crippen LogP contribution in [0, 0.1) is 5.92 Å². The van der Waals surface area contributed by atoms with Crippen LogP contribution in [0.3, 0.4) is 0 Å². The van der Waals surface area contributed by atoms with Crippen LogP contribution in [0.1, 0.15) is 40.1 Å². The number of carbonyl (C=O) groups is 2. The maximum Gasteiger partial charge on any atom is 0.416 e. The van der Waals surface area contributed by atoms with Crippen molar-refractivity contribution in [2.75, 3.05) is 32.8 Å². The second-order valence-electron chi connectivity index (χ2n) is 7.89. The van der Waals surface area contributed by atoms with Crippen LogP contribution in [-0.4, -0.2) is 54.4 Å². The third-order valence-electron chi connectivity index (χ3n) is 4.98. The van der Waals surface area contributed by atoms with E-state index in [4.69, 9.17) is 4.74 Å². The fourth-order valence-corrected chi connectivity index (χ4v) is 3.26. The summed E-state index contributed by atoms with van der Waals surface area (Å²) < 4.78 is 43.8. The third-order valence-corrected chi connectivity index (χ3v) is 4.98. The van der Waals surface area contributed by atoms with Gasteiger partial charge in [-0.1, -0.05) is 19.9 Å². The lowest BCUT2D eigenvalue weighted by Crippen LogP contribution is -2.50. The molecule has 0 aliphatic carbocycles. The summed E-state index contributed by atoms with van der Waals surface area (Å²) >= 11 is 0. The van der Waals surface area contributed by atoms with Crippen LogP contribution in [-0.2, 0) is 6.18 Å². The number of rotatable bonds is 5. The van der Waals surface area contributed by atoms with Gasteiger partial charge in [0.1, 0.15) is 5.75 Å². The Morgan fingerprint density at radius 3 is 1.97 bits per heavy atom. The monoisotopic (exact) mass is 434 g/mol. The zero-order valence-electron chi connectivity index (χ0n) is 17.5. The number of alkyl halides is 3. The quantitative estimate of drug-likeness (QED) is 0.704. The summed E-state index contributed by atoms with van der Waals surface area (Å²) in [4.78, 5) is 28.6. The molecule has 1 aliphatic rings. The first-order chi connectivity index (χ1) is 14.6. The van der Waals surface area contributed by atoms with Gasteiger partial charge in [0.05, 0.1) is 12.2 Å². The van der Waals surface area contributed by atoms with E-state index in [2.05, 4.69) is 0 Å². The van der Waals surface area contributed by atoms with Crippen molar-refractivity contribution in [1.82, 2.24) is 9.80 Å². The molecular formula is C23H25F3N2O3. The minimum Gasteiger partial charge on any atom is -0.493 e. The van der Waals surface area contributed by atoms with Crippen LogP contribution in [0.25, 0.3) is 0 Å². The molecule has 0 unspecified atom stereocenters. The summed E-state index contributed by atoms with van der Waals surface area (Å²) in [5.74, 6) is 0.520. The molecule has 3 rings (SSSR count). The zero-order valence-corrected chi connectivity index (χ0v) is 17.5. The van der Waals surface area contributed by atoms with E-state index in [0.717, 1.165) is 12.1 Å². The van der Waals surface area contributed by atoms with Gasteiger partial charge in [0, 0.05) is 37.3 Å².